The second kappa shape index (κ2) is 7.60. The average Bonchev–Trinajstić information content (AvgIpc) is 2.28. The van der Waals surface area contributed by atoms with Crippen molar-refractivity contribution in [2.24, 2.45) is 0 Å². The quantitative estimate of drug-likeness (QED) is 0.582. The summed E-state index contributed by atoms with van der Waals surface area (Å²) >= 11 is 0. The number of anilines is 2. The molecule has 6 heteroatoms. The zero-order valence-corrected chi connectivity index (χ0v) is 9.86. The maximum absolute atomic E-state index is 11.7. The van der Waals surface area contributed by atoms with Crippen LogP contribution in [-0.4, -0.2) is 25.5 Å². The fraction of sp³-hybridized carbons (Fsp3) is 0.417. The third-order valence-electron chi connectivity index (χ3n) is 2.11. The molecular formula is C12H16F2N2O2. The Hall–Kier alpha value is -1.69. The summed E-state index contributed by atoms with van der Waals surface area (Å²) in [5.74, 6) is -0.193. The number of nitrogens with one attached hydrogen (secondary N) is 1. The predicted octanol–water partition coefficient (Wildman–Crippen LogP) is 2.27. The molecule has 3 N–H and O–H groups in total. The molecule has 1 aromatic rings. The van der Waals surface area contributed by atoms with Gasteiger partial charge in [-0.3, -0.25) is 4.79 Å². The maximum Gasteiger partial charge on any atom is 0.261 e. The zero-order chi connectivity index (χ0) is 13.4. The number of benzene rings is 1. The van der Waals surface area contributed by atoms with Crippen LogP contribution in [0.25, 0.3) is 0 Å². The van der Waals surface area contributed by atoms with E-state index in [1.54, 1.807) is 24.3 Å². The summed E-state index contributed by atoms with van der Waals surface area (Å²) in [5, 5.41) is 2.66. The van der Waals surface area contributed by atoms with Gasteiger partial charge in [0.05, 0.1) is 0 Å². The molecule has 0 radical (unpaired) electrons. The topological polar surface area (TPSA) is 64.3 Å². The highest BCUT2D eigenvalue weighted by molar-refractivity contribution is 5.91. The average molecular weight is 258 g/mol. The largest absolute Gasteiger partial charge is 0.399 e. The van der Waals surface area contributed by atoms with E-state index in [-0.39, 0.29) is 18.9 Å². The zero-order valence-electron chi connectivity index (χ0n) is 9.86. The molecule has 0 fully saturated rings. The molecule has 0 atom stereocenters. The Bertz CT molecular complexity index is 386. The van der Waals surface area contributed by atoms with E-state index in [4.69, 9.17) is 5.73 Å². The molecular weight excluding hydrogens is 242 g/mol. The van der Waals surface area contributed by atoms with Gasteiger partial charge >= 0.3 is 0 Å². The highest BCUT2D eigenvalue weighted by Gasteiger charge is 2.04. The number of alkyl halides is 2. The fourth-order valence-corrected chi connectivity index (χ4v) is 1.35. The second-order valence-corrected chi connectivity index (χ2v) is 3.74. The van der Waals surface area contributed by atoms with Gasteiger partial charge in [-0.15, -0.1) is 0 Å². The summed E-state index contributed by atoms with van der Waals surface area (Å²) in [6.07, 6.45) is -1.84. The number of nitrogens with two attached hydrogens (primary N) is 1. The van der Waals surface area contributed by atoms with Crippen molar-refractivity contribution < 1.29 is 18.3 Å². The van der Waals surface area contributed by atoms with E-state index in [1.807, 2.05) is 0 Å². The molecule has 0 spiro atoms. The summed E-state index contributed by atoms with van der Waals surface area (Å²) in [6, 6.07) is 6.82. The SMILES string of the molecule is Nc1cccc(NC(=O)CCCOCC(F)F)c1. The van der Waals surface area contributed by atoms with E-state index in [2.05, 4.69) is 10.1 Å². The van der Waals surface area contributed by atoms with Gasteiger partial charge in [-0.25, -0.2) is 8.78 Å². The standard InChI is InChI=1S/C12H16F2N2O2/c13-11(14)8-18-6-2-5-12(17)16-10-4-1-3-9(15)7-10/h1,3-4,7,11H,2,5-6,8,15H2,(H,16,17). The molecule has 1 rings (SSSR count). The first-order chi connectivity index (χ1) is 8.58. The third kappa shape index (κ3) is 6.15. The Labute approximate surface area is 104 Å². The number of rotatable bonds is 7. The van der Waals surface area contributed by atoms with Gasteiger partial charge < -0.3 is 15.8 Å². The minimum absolute atomic E-state index is 0.148. The van der Waals surface area contributed by atoms with E-state index in [9.17, 15) is 13.6 Å². The van der Waals surface area contributed by atoms with E-state index in [0.29, 0.717) is 17.8 Å². The molecule has 0 bridgehead atoms. The van der Waals surface area contributed by atoms with E-state index in [1.165, 1.54) is 0 Å². The van der Waals surface area contributed by atoms with E-state index < -0.39 is 13.0 Å². The van der Waals surface area contributed by atoms with Gasteiger partial charge in [0.2, 0.25) is 5.91 Å². The van der Waals surface area contributed by atoms with Gasteiger partial charge in [0, 0.05) is 24.4 Å². The number of amides is 1. The molecule has 4 nitrogen and oxygen atoms in total. The summed E-state index contributed by atoms with van der Waals surface area (Å²) < 4.78 is 28.1. The van der Waals surface area contributed by atoms with Crippen LogP contribution in [0, 0.1) is 0 Å². The van der Waals surface area contributed by atoms with Crippen molar-refractivity contribution in [2.45, 2.75) is 19.3 Å². The molecule has 1 amide bonds. The first-order valence-electron chi connectivity index (χ1n) is 5.59. The normalized spacial score (nSPS) is 10.6. The Morgan fingerprint density at radius 1 is 1.44 bits per heavy atom. The number of nitrogen functional groups attached to an aromatic ring is 1. The molecule has 0 saturated heterocycles. The number of carbonyl (C=O) groups excluding carboxylic acids is 1. The lowest BCUT2D eigenvalue weighted by Gasteiger charge is -2.06. The Morgan fingerprint density at radius 2 is 2.22 bits per heavy atom. The van der Waals surface area contributed by atoms with Crippen LogP contribution >= 0.6 is 0 Å². The van der Waals surface area contributed by atoms with Gasteiger partial charge in [0.15, 0.2) is 0 Å². The summed E-state index contributed by atoms with van der Waals surface area (Å²) in [5.41, 5.74) is 6.74. The highest BCUT2D eigenvalue weighted by Crippen LogP contribution is 2.12. The van der Waals surface area contributed by atoms with Crippen LogP contribution in [0.3, 0.4) is 0 Å². The maximum atomic E-state index is 11.7. The number of ether oxygens (including phenoxy) is 1. The number of halogens is 2. The van der Waals surface area contributed by atoms with Crippen LogP contribution in [0.1, 0.15) is 12.8 Å². The molecule has 0 unspecified atom stereocenters. The minimum Gasteiger partial charge on any atom is -0.399 e. The summed E-state index contributed by atoms with van der Waals surface area (Å²) in [4.78, 5) is 11.5. The molecule has 0 aliphatic carbocycles. The fourth-order valence-electron chi connectivity index (χ4n) is 1.35. The number of hydrogen-bond donors (Lipinski definition) is 2. The highest BCUT2D eigenvalue weighted by atomic mass is 19.3. The smallest absolute Gasteiger partial charge is 0.261 e. The first kappa shape index (κ1) is 14.4. The Morgan fingerprint density at radius 3 is 2.89 bits per heavy atom. The number of hydrogen-bond acceptors (Lipinski definition) is 3. The molecule has 0 aliphatic rings. The molecule has 0 heterocycles. The van der Waals surface area contributed by atoms with Crippen LogP contribution in [-0.2, 0) is 9.53 Å². The summed E-state index contributed by atoms with van der Waals surface area (Å²) in [6.45, 7) is -0.439. The van der Waals surface area contributed by atoms with Crippen LogP contribution in [0.5, 0.6) is 0 Å². The van der Waals surface area contributed by atoms with Gasteiger partial charge in [-0.1, -0.05) is 6.07 Å². The van der Waals surface area contributed by atoms with Crippen molar-refractivity contribution in [3.05, 3.63) is 24.3 Å². The minimum atomic E-state index is -2.47. The monoisotopic (exact) mass is 258 g/mol. The Kier molecular flexibility index (Phi) is 6.07. The Balaban J connectivity index is 2.18. The van der Waals surface area contributed by atoms with Crippen LogP contribution in [0.2, 0.25) is 0 Å². The van der Waals surface area contributed by atoms with Crippen molar-refractivity contribution in [2.75, 3.05) is 24.3 Å². The molecule has 0 saturated carbocycles. The van der Waals surface area contributed by atoms with Crippen LogP contribution in [0.4, 0.5) is 20.2 Å². The van der Waals surface area contributed by atoms with E-state index >= 15 is 0 Å². The predicted molar refractivity (Wildman–Crippen MR) is 65.5 cm³/mol. The van der Waals surface area contributed by atoms with Crippen molar-refractivity contribution in [1.82, 2.24) is 0 Å². The summed E-state index contributed by atoms with van der Waals surface area (Å²) in [7, 11) is 0. The molecule has 18 heavy (non-hydrogen) atoms. The molecule has 0 aliphatic heterocycles. The van der Waals surface area contributed by atoms with Gasteiger partial charge in [-0.2, -0.15) is 0 Å². The lowest BCUT2D eigenvalue weighted by molar-refractivity contribution is -0.116. The van der Waals surface area contributed by atoms with Crippen molar-refractivity contribution >= 4 is 17.3 Å². The molecule has 100 valence electrons. The molecule has 1 aromatic carbocycles. The number of carbonyl (C=O) groups is 1. The lowest BCUT2D eigenvalue weighted by atomic mass is 10.2. The van der Waals surface area contributed by atoms with Crippen molar-refractivity contribution in [1.29, 1.82) is 0 Å². The van der Waals surface area contributed by atoms with Crippen LogP contribution < -0.4 is 11.1 Å². The molecule has 0 aromatic heterocycles. The third-order valence-corrected chi connectivity index (χ3v) is 2.11. The van der Waals surface area contributed by atoms with Gasteiger partial charge in [0.25, 0.3) is 6.43 Å². The van der Waals surface area contributed by atoms with Crippen molar-refractivity contribution in [3.8, 4) is 0 Å². The second-order valence-electron chi connectivity index (χ2n) is 3.74. The van der Waals surface area contributed by atoms with Gasteiger partial charge in [-0.05, 0) is 24.6 Å². The van der Waals surface area contributed by atoms with Gasteiger partial charge in [0.1, 0.15) is 6.61 Å². The van der Waals surface area contributed by atoms with Crippen molar-refractivity contribution in [3.63, 3.8) is 0 Å². The first-order valence-corrected chi connectivity index (χ1v) is 5.59. The van der Waals surface area contributed by atoms with E-state index in [0.717, 1.165) is 0 Å². The lowest BCUT2D eigenvalue weighted by Crippen LogP contribution is -2.13. The van der Waals surface area contributed by atoms with Crippen LogP contribution in [0.15, 0.2) is 24.3 Å².